The van der Waals surface area contributed by atoms with Gasteiger partial charge in [-0.15, -0.1) is 0 Å². The van der Waals surface area contributed by atoms with E-state index < -0.39 is 10.0 Å². The van der Waals surface area contributed by atoms with Gasteiger partial charge in [0.2, 0.25) is 15.9 Å². The fourth-order valence-electron chi connectivity index (χ4n) is 3.98. The minimum absolute atomic E-state index is 0.105. The molecule has 2 atom stereocenters. The molecule has 1 aliphatic rings. The first-order valence-electron chi connectivity index (χ1n) is 9.80. The first-order chi connectivity index (χ1) is 12.7. The molecule has 0 bridgehead atoms. The number of carbonyl (C=O) groups excluding carboxylic acids is 1. The van der Waals surface area contributed by atoms with Gasteiger partial charge in [0.25, 0.3) is 0 Å². The molecule has 0 aromatic heterocycles. The monoisotopic (exact) mass is 395 g/mol. The molecule has 1 aliphatic heterocycles. The highest BCUT2D eigenvalue weighted by atomic mass is 32.2. The molecule has 0 aliphatic carbocycles. The van der Waals surface area contributed by atoms with Gasteiger partial charge in [-0.2, -0.15) is 4.31 Å². The molecule has 1 N–H and O–H groups in total. The zero-order chi connectivity index (χ0) is 20.2. The maximum atomic E-state index is 12.8. The average Bonchev–Trinajstić information content (AvgIpc) is 2.56. The van der Waals surface area contributed by atoms with Crippen LogP contribution in [0.2, 0.25) is 0 Å². The number of nitrogens with one attached hydrogen (secondary N) is 1. The van der Waals surface area contributed by atoms with Crippen molar-refractivity contribution in [3.8, 4) is 0 Å². The van der Waals surface area contributed by atoms with Crippen LogP contribution in [0.15, 0.2) is 23.1 Å². The molecule has 1 amide bonds. The fourth-order valence-corrected chi connectivity index (χ4v) is 5.69. The van der Waals surface area contributed by atoms with Crippen molar-refractivity contribution in [3.63, 3.8) is 0 Å². The Labute approximate surface area is 164 Å². The van der Waals surface area contributed by atoms with Crippen molar-refractivity contribution in [1.29, 1.82) is 0 Å². The molecule has 0 saturated carbocycles. The lowest BCUT2D eigenvalue weighted by Crippen LogP contribution is -2.42. The van der Waals surface area contributed by atoms with E-state index in [1.165, 1.54) is 10.7 Å². The zero-order valence-corrected chi connectivity index (χ0v) is 18.0. The van der Waals surface area contributed by atoms with Crippen molar-refractivity contribution >= 4 is 21.6 Å². The average molecular weight is 396 g/mol. The zero-order valence-electron chi connectivity index (χ0n) is 17.2. The second kappa shape index (κ2) is 9.17. The molecular weight excluding hydrogens is 362 g/mol. The van der Waals surface area contributed by atoms with Gasteiger partial charge in [-0.1, -0.05) is 33.8 Å². The van der Waals surface area contributed by atoms with Gasteiger partial charge in [0, 0.05) is 31.9 Å². The lowest BCUT2D eigenvalue weighted by atomic mass is 9.92. The molecule has 1 fully saturated rings. The molecule has 0 spiro atoms. The summed E-state index contributed by atoms with van der Waals surface area (Å²) in [5.41, 5.74) is 1.20. The predicted molar refractivity (Wildman–Crippen MR) is 109 cm³/mol. The van der Waals surface area contributed by atoms with Gasteiger partial charge in [0.15, 0.2) is 0 Å². The molecule has 7 heteroatoms. The second-order valence-electron chi connectivity index (χ2n) is 7.76. The number of piperidine rings is 1. The standard InChI is InChI=1S/C20H33N3O3S/c1-6-23(7-2)27(25,26)19-11-18(9-8-17(19)5)21-20(24)14-22-12-15(3)10-16(4)13-22/h8-9,11,15-16H,6-7,10,12-14H2,1-5H3,(H,21,24). The van der Waals surface area contributed by atoms with E-state index in [2.05, 4.69) is 24.1 Å². The minimum Gasteiger partial charge on any atom is -0.325 e. The minimum atomic E-state index is -3.56. The highest BCUT2D eigenvalue weighted by Gasteiger charge is 2.25. The van der Waals surface area contributed by atoms with Gasteiger partial charge in [-0.25, -0.2) is 8.42 Å². The van der Waals surface area contributed by atoms with Crippen molar-refractivity contribution < 1.29 is 13.2 Å². The highest BCUT2D eigenvalue weighted by molar-refractivity contribution is 7.89. The van der Waals surface area contributed by atoms with E-state index in [9.17, 15) is 13.2 Å². The number of hydrogen-bond acceptors (Lipinski definition) is 4. The van der Waals surface area contributed by atoms with Gasteiger partial charge >= 0.3 is 0 Å². The molecule has 27 heavy (non-hydrogen) atoms. The fraction of sp³-hybridized carbons (Fsp3) is 0.650. The Balaban J connectivity index is 2.12. The quantitative estimate of drug-likeness (QED) is 0.771. The van der Waals surface area contributed by atoms with Gasteiger partial charge in [-0.3, -0.25) is 9.69 Å². The molecular formula is C20H33N3O3S. The molecule has 1 aromatic rings. The molecule has 2 rings (SSSR count). The summed E-state index contributed by atoms with van der Waals surface area (Å²) in [6.07, 6.45) is 1.20. The summed E-state index contributed by atoms with van der Waals surface area (Å²) >= 11 is 0. The summed E-state index contributed by atoms with van der Waals surface area (Å²) in [4.78, 5) is 14.9. The summed E-state index contributed by atoms with van der Waals surface area (Å²) in [6, 6.07) is 5.08. The van der Waals surface area contributed by atoms with E-state index in [0.717, 1.165) is 13.1 Å². The summed E-state index contributed by atoms with van der Waals surface area (Å²) in [5.74, 6) is 1.07. The number of likely N-dealkylation sites (tertiary alicyclic amines) is 1. The first kappa shape index (κ1) is 21.9. The van der Waals surface area contributed by atoms with Gasteiger partial charge < -0.3 is 5.32 Å². The Morgan fingerprint density at radius 2 is 1.78 bits per heavy atom. The number of benzene rings is 1. The van der Waals surface area contributed by atoms with E-state index >= 15 is 0 Å². The molecule has 0 radical (unpaired) electrons. The summed E-state index contributed by atoms with van der Waals surface area (Å²) in [6.45, 7) is 12.9. The SMILES string of the molecule is CCN(CC)S(=O)(=O)c1cc(NC(=O)CN2CC(C)CC(C)C2)ccc1C. The third-order valence-electron chi connectivity index (χ3n) is 5.11. The van der Waals surface area contributed by atoms with Crippen LogP contribution in [0.4, 0.5) is 5.69 Å². The van der Waals surface area contributed by atoms with E-state index in [0.29, 0.717) is 42.7 Å². The van der Waals surface area contributed by atoms with Crippen LogP contribution in [-0.4, -0.2) is 56.3 Å². The van der Waals surface area contributed by atoms with E-state index in [1.54, 1.807) is 25.1 Å². The molecule has 1 saturated heterocycles. The number of rotatable bonds is 7. The third-order valence-corrected chi connectivity index (χ3v) is 7.30. The van der Waals surface area contributed by atoms with Crippen LogP contribution in [0.3, 0.4) is 0 Å². The van der Waals surface area contributed by atoms with Crippen molar-refractivity contribution in [3.05, 3.63) is 23.8 Å². The Morgan fingerprint density at radius 1 is 1.19 bits per heavy atom. The number of hydrogen-bond donors (Lipinski definition) is 1. The number of sulfonamides is 1. The number of amides is 1. The molecule has 6 nitrogen and oxygen atoms in total. The Morgan fingerprint density at radius 3 is 2.33 bits per heavy atom. The lowest BCUT2D eigenvalue weighted by Gasteiger charge is -2.34. The molecule has 152 valence electrons. The molecule has 1 heterocycles. The molecule has 2 unspecified atom stereocenters. The van der Waals surface area contributed by atoms with E-state index in [-0.39, 0.29) is 10.8 Å². The van der Waals surface area contributed by atoms with Gasteiger partial charge in [0.1, 0.15) is 0 Å². The van der Waals surface area contributed by atoms with Crippen LogP contribution < -0.4 is 5.32 Å². The summed E-state index contributed by atoms with van der Waals surface area (Å²) in [5, 5.41) is 2.87. The largest absolute Gasteiger partial charge is 0.325 e. The van der Waals surface area contributed by atoms with Crippen LogP contribution in [0.1, 0.15) is 39.7 Å². The number of aryl methyl sites for hydroxylation is 1. The summed E-state index contributed by atoms with van der Waals surface area (Å²) < 4.78 is 27.1. The van der Waals surface area contributed by atoms with Gasteiger partial charge in [-0.05, 0) is 42.9 Å². The van der Waals surface area contributed by atoms with E-state index in [1.807, 2.05) is 13.8 Å². The highest BCUT2D eigenvalue weighted by Crippen LogP contribution is 2.24. The van der Waals surface area contributed by atoms with Crippen LogP contribution in [0, 0.1) is 18.8 Å². The third kappa shape index (κ3) is 5.53. The summed E-state index contributed by atoms with van der Waals surface area (Å²) in [7, 11) is -3.56. The second-order valence-corrected chi connectivity index (χ2v) is 9.66. The Hall–Kier alpha value is -1.44. The number of nitrogens with zero attached hydrogens (tertiary/aromatic N) is 2. The molecule has 1 aromatic carbocycles. The Kier molecular flexibility index (Phi) is 7.42. The van der Waals surface area contributed by atoms with Crippen LogP contribution in [-0.2, 0) is 14.8 Å². The van der Waals surface area contributed by atoms with Crippen molar-refractivity contribution in [2.75, 3.05) is 38.0 Å². The normalized spacial score (nSPS) is 21.4. The number of carbonyl (C=O) groups is 1. The van der Waals surface area contributed by atoms with E-state index in [4.69, 9.17) is 0 Å². The van der Waals surface area contributed by atoms with Crippen LogP contribution >= 0.6 is 0 Å². The van der Waals surface area contributed by atoms with Gasteiger partial charge in [0.05, 0.1) is 11.4 Å². The van der Waals surface area contributed by atoms with Crippen LogP contribution in [0.5, 0.6) is 0 Å². The van der Waals surface area contributed by atoms with Crippen molar-refractivity contribution in [2.45, 2.75) is 45.9 Å². The number of anilines is 1. The maximum absolute atomic E-state index is 12.8. The van der Waals surface area contributed by atoms with Crippen molar-refractivity contribution in [1.82, 2.24) is 9.21 Å². The Bertz CT molecular complexity index is 750. The topological polar surface area (TPSA) is 69.7 Å². The lowest BCUT2D eigenvalue weighted by molar-refractivity contribution is -0.117. The first-order valence-corrected chi connectivity index (χ1v) is 11.2. The maximum Gasteiger partial charge on any atom is 0.243 e. The predicted octanol–water partition coefficient (Wildman–Crippen LogP) is 2.94. The smallest absolute Gasteiger partial charge is 0.243 e. The van der Waals surface area contributed by atoms with Crippen LogP contribution in [0.25, 0.3) is 0 Å². The van der Waals surface area contributed by atoms with Crippen molar-refractivity contribution in [2.24, 2.45) is 11.8 Å².